The minimum absolute atomic E-state index is 0.111. The van der Waals surface area contributed by atoms with Crippen molar-refractivity contribution < 1.29 is 124 Å². The summed E-state index contributed by atoms with van der Waals surface area (Å²) in [4.78, 5) is 18.1. The maximum absolute atomic E-state index is 13.3. The maximum atomic E-state index is 13.3. The highest BCUT2D eigenvalue weighted by Crippen LogP contribution is 2.76. The van der Waals surface area contributed by atoms with Crippen LogP contribution in [-0.4, -0.2) is 251 Å². The number of aliphatic hydroxyl groups is 14. The van der Waals surface area contributed by atoms with Crippen molar-refractivity contribution in [2.75, 3.05) is 33.0 Å². The number of ether oxygens (including phenoxy) is 8. The fourth-order valence-electron chi connectivity index (χ4n) is 17.2. The Hall–Kier alpha value is -1.71. The van der Waals surface area contributed by atoms with Gasteiger partial charge < -0.3 is 109 Å². The van der Waals surface area contributed by atoms with E-state index >= 15 is 0 Å². The Morgan fingerprint density at radius 1 is 0.671 bits per heavy atom. The van der Waals surface area contributed by atoms with Gasteiger partial charge >= 0.3 is 5.97 Å². The molecule has 4 saturated carbocycles. The summed E-state index contributed by atoms with van der Waals surface area (Å²) in [6.07, 6.45) is -29.1. The van der Waals surface area contributed by atoms with Crippen molar-refractivity contribution in [2.24, 2.45) is 50.2 Å². The van der Waals surface area contributed by atoms with Gasteiger partial charge in [-0.1, -0.05) is 46.3 Å². The van der Waals surface area contributed by atoms with E-state index in [9.17, 15) is 81.5 Å². The van der Waals surface area contributed by atoms with E-state index in [2.05, 4.69) is 33.8 Å². The summed E-state index contributed by atoms with van der Waals surface area (Å²) < 4.78 is 47.8. The molecule has 15 N–H and O–H groups in total. The van der Waals surface area contributed by atoms with Gasteiger partial charge in [-0.3, -0.25) is 10.1 Å². The van der Waals surface area contributed by atoms with Gasteiger partial charge in [0.25, 0.3) is 0 Å². The fourth-order valence-corrected chi connectivity index (χ4v) is 17.2. The molecule has 0 aromatic heterocycles. The van der Waals surface area contributed by atoms with E-state index in [-0.39, 0.29) is 30.6 Å². The van der Waals surface area contributed by atoms with Crippen molar-refractivity contribution in [1.82, 2.24) is 0 Å². The lowest BCUT2D eigenvalue weighted by atomic mass is 9.32. The van der Waals surface area contributed by atoms with E-state index in [0.717, 1.165) is 12.5 Å². The Balaban J connectivity index is 1.03. The lowest BCUT2D eigenvalue weighted by Gasteiger charge is -2.73. The van der Waals surface area contributed by atoms with Gasteiger partial charge in [-0.15, -0.1) is 0 Å². The van der Waals surface area contributed by atoms with Crippen molar-refractivity contribution in [1.29, 1.82) is 0 Å². The van der Waals surface area contributed by atoms with Crippen LogP contribution < -0.4 is 0 Å². The molecule has 9 aliphatic rings. The third kappa shape index (κ3) is 9.89. The molecule has 4 saturated heterocycles. The normalized spacial score (nSPS) is 52.8. The van der Waals surface area contributed by atoms with E-state index in [1.165, 1.54) is 6.92 Å². The summed E-state index contributed by atoms with van der Waals surface area (Å²) in [6, 6.07) is 0. The first-order valence-corrected chi connectivity index (χ1v) is 28.1. The summed E-state index contributed by atoms with van der Waals surface area (Å²) in [5, 5.41) is 168. The van der Waals surface area contributed by atoms with Crippen LogP contribution in [0.25, 0.3) is 0 Å². The zero-order chi connectivity index (χ0) is 57.9. The van der Waals surface area contributed by atoms with Crippen LogP contribution in [0.2, 0.25) is 0 Å². The number of rotatable bonds is 13. The number of carbonyl (C=O) groups is 1. The number of esters is 1. The van der Waals surface area contributed by atoms with Crippen molar-refractivity contribution in [3.63, 3.8) is 0 Å². The summed E-state index contributed by atoms with van der Waals surface area (Å²) in [5.74, 6) is -2.12. The number of hydrogen-bond acceptors (Lipinski definition) is 25. The summed E-state index contributed by atoms with van der Waals surface area (Å²) in [6.45, 7) is 10.3. The first kappa shape index (κ1) is 61.8. The Morgan fingerprint density at radius 3 is 1.95 bits per heavy atom. The average molecular weight is 1140 g/mol. The van der Waals surface area contributed by atoms with Gasteiger partial charge in [0.05, 0.1) is 57.5 Å². The number of carbonyl (C=O) groups excluding carboxylic acids is 1. The maximum Gasteiger partial charge on any atom is 0.303 e. The van der Waals surface area contributed by atoms with Gasteiger partial charge in [0.15, 0.2) is 25.0 Å². The van der Waals surface area contributed by atoms with Crippen molar-refractivity contribution in [3.05, 3.63) is 11.6 Å². The largest absolute Gasteiger partial charge is 0.457 e. The quantitative estimate of drug-likeness (QED) is 0.0289. The molecule has 0 bridgehead atoms. The van der Waals surface area contributed by atoms with Crippen molar-refractivity contribution in [3.8, 4) is 0 Å². The van der Waals surface area contributed by atoms with E-state index in [1.54, 1.807) is 0 Å². The number of hydrogen-bond donors (Lipinski definition) is 15. The second-order valence-electron chi connectivity index (χ2n) is 26.2. The van der Waals surface area contributed by atoms with Crippen LogP contribution in [0.5, 0.6) is 0 Å². The van der Waals surface area contributed by atoms with Gasteiger partial charge in [0.2, 0.25) is 0 Å². The smallest absolute Gasteiger partial charge is 0.303 e. The lowest BCUT2D eigenvalue weighted by molar-refractivity contribution is -0.389. The number of aliphatic hydroxyl groups excluding tert-OH is 14. The Morgan fingerprint density at radius 2 is 1.30 bits per heavy atom. The summed E-state index contributed by atoms with van der Waals surface area (Å²) >= 11 is 0. The number of fused-ring (bicyclic) bond motifs is 7. The molecule has 4 heterocycles. The van der Waals surface area contributed by atoms with Crippen LogP contribution in [0.4, 0.5) is 0 Å². The molecule has 25 heteroatoms. The fraction of sp³-hybridized carbons (Fsp3) is 0.944. The zero-order valence-corrected chi connectivity index (χ0v) is 46.0. The van der Waals surface area contributed by atoms with E-state index < -0.39 is 213 Å². The predicted octanol–water partition coefficient (Wildman–Crippen LogP) is -2.91. The van der Waals surface area contributed by atoms with E-state index in [4.69, 9.17) is 42.8 Å². The molecule has 0 amide bonds. The predicted molar refractivity (Wildman–Crippen MR) is 266 cm³/mol. The van der Waals surface area contributed by atoms with Crippen LogP contribution in [0.15, 0.2) is 11.6 Å². The van der Waals surface area contributed by atoms with Gasteiger partial charge in [-0.25, -0.2) is 4.89 Å². The van der Waals surface area contributed by atoms with E-state index in [1.807, 2.05) is 6.92 Å². The molecule has 0 spiro atoms. The van der Waals surface area contributed by atoms with Gasteiger partial charge in [0.1, 0.15) is 85.5 Å². The molecule has 79 heavy (non-hydrogen) atoms. The average Bonchev–Trinajstić information content (AvgIpc) is 2.44. The van der Waals surface area contributed by atoms with Gasteiger partial charge in [-0.2, -0.15) is 0 Å². The van der Waals surface area contributed by atoms with Crippen molar-refractivity contribution >= 4 is 5.97 Å². The van der Waals surface area contributed by atoms with Crippen LogP contribution >= 0.6 is 0 Å². The van der Waals surface area contributed by atoms with Crippen molar-refractivity contribution in [2.45, 2.75) is 235 Å². The Kier molecular flexibility index (Phi) is 17.7. The van der Waals surface area contributed by atoms with Gasteiger partial charge in [0, 0.05) is 17.8 Å². The molecule has 454 valence electrons. The molecule has 0 aromatic rings. The molecule has 29 atom stereocenters. The van der Waals surface area contributed by atoms with Gasteiger partial charge in [-0.05, 0) is 97.7 Å². The lowest BCUT2D eigenvalue weighted by Crippen LogP contribution is -2.73. The topological polar surface area (TPSA) is 404 Å². The monoisotopic (exact) mass is 1140 g/mol. The Bertz CT molecular complexity index is 2170. The molecular formula is C54H88O25. The summed E-state index contributed by atoms with van der Waals surface area (Å²) in [5.41, 5.74) is -4.42. The SMILES string of the molecule is CC(=O)OC1C(O)C(OC2C(O)C(O)COC2C(OO)C23CCC(C)(C)CC2C2=CCC4C5(C)CC(O)C(OC6OC(CO)C(O)C(O)C6O)C(CO)(CO)C5CCC4(C)C2(C)CC3O)OC(C)C1OC1OCC(O)C(O)C1O. The highest BCUT2D eigenvalue weighted by molar-refractivity contribution is 5.66. The Labute approximate surface area is 458 Å². The zero-order valence-electron chi connectivity index (χ0n) is 46.0. The number of allylic oxidation sites excluding steroid dienone is 2. The summed E-state index contributed by atoms with van der Waals surface area (Å²) in [7, 11) is 0. The minimum Gasteiger partial charge on any atom is -0.457 e. The van der Waals surface area contributed by atoms with Crippen LogP contribution in [-0.2, 0) is 47.6 Å². The third-order valence-corrected chi connectivity index (χ3v) is 21.5. The first-order valence-electron chi connectivity index (χ1n) is 28.1. The molecule has 5 aliphatic carbocycles. The molecule has 9 rings (SSSR count). The first-order chi connectivity index (χ1) is 37.1. The third-order valence-electron chi connectivity index (χ3n) is 21.5. The second kappa shape index (κ2) is 22.6. The molecule has 25 nitrogen and oxygen atoms in total. The molecule has 29 unspecified atom stereocenters. The molecule has 8 fully saturated rings. The second-order valence-corrected chi connectivity index (χ2v) is 26.2. The highest BCUT2D eigenvalue weighted by atomic mass is 17.1. The molecule has 0 radical (unpaired) electrons. The minimum atomic E-state index is -1.90. The van der Waals surface area contributed by atoms with Crippen LogP contribution in [0.3, 0.4) is 0 Å². The van der Waals surface area contributed by atoms with Crippen LogP contribution in [0, 0.1) is 50.2 Å². The molecule has 4 aliphatic heterocycles. The van der Waals surface area contributed by atoms with Crippen LogP contribution in [0.1, 0.15) is 99.8 Å². The standard InChI is InChI=1S/C54H88O25/c1-22-40(76-46-37(67)33(63)27(60)19-72-46)42(74-23(2)58)39(69)48(73-22)77-41-34(64)28(61)18-71-43(41)45(79-70)54-13-12-49(3,4)14-25(54)24-8-9-30-50(5)15-26(59)44(78-47-38(68)36(66)35(65)29(17-55)75-47)53(20-56,21-57)31(50)10-11-51(30,6)52(24,7)16-32(54)62/h8,22,25-48,55-57,59-70H,9-21H2,1-7H3. The molecule has 0 aromatic carbocycles. The highest BCUT2D eigenvalue weighted by Gasteiger charge is 2.74. The molecular weight excluding hydrogens is 1050 g/mol. The van der Waals surface area contributed by atoms with E-state index in [0.29, 0.717) is 32.1 Å².